The molecule has 0 radical (unpaired) electrons. The van der Waals surface area contributed by atoms with E-state index >= 15 is 0 Å². The van der Waals surface area contributed by atoms with Crippen LogP contribution in [0, 0.1) is 0 Å². The van der Waals surface area contributed by atoms with Gasteiger partial charge < -0.3 is 14.2 Å². The monoisotopic (exact) mass is 861 g/mol. The van der Waals surface area contributed by atoms with Gasteiger partial charge in [-0.1, -0.05) is 189 Å². The molecule has 0 spiro atoms. The van der Waals surface area contributed by atoms with Crippen LogP contribution in [-0.4, -0.2) is 37.2 Å². The Morgan fingerprint density at radius 3 is 1.02 bits per heavy atom. The van der Waals surface area contributed by atoms with Crippen LogP contribution < -0.4 is 0 Å². The Labute approximate surface area is 381 Å². The van der Waals surface area contributed by atoms with Crippen LogP contribution in [0.1, 0.15) is 220 Å². The lowest BCUT2D eigenvalue weighted by Gasteiger charge is -2.18. The third-order valence-corrected chi connectivity index (χ3v) is 10.3. The zero-order valence-electron chi connectivity index (χ0n) is 40.1. The molecule has 0 heterocycles. The third kappa shape index (κ3) is 47.4. The molecule has 0 aliphatic carbocycles. The molecule has 0 aromatic heterocycles. The number of carbonyl (C=O) groups excluding carboxylic acids is 3. The molecule has 0 saturated carbocycles. The summed E-state index contributed by atoms with van der Waals surface area (Å²) in [6.45, 7) is 6.34. The van der Waals surface area contributed by atoms with E-state index in [1.54, 1.807) is 0 Å². The van der Waals surface area contributed by atoms with E-state index in [9.17, 15) is 14.4 Å². The summed E-state index contributed by atoms with van der Waals surface area (Å²) in [5.74, 6) is -0.945. The molecule has 1 atom stereocenters. The Morgan fingerprint density at radius 2 is 0.629 bits per heavy atom. The lowest BCUT2D eigenvalue weighted by molar-refractivity contribution is -0.167. The predicted octanol–water partition coefficient (Wildman–Crippen LogP) is 16.6. The molecule has 0 rings (SSSR count). The zero-order chi connectivity index (χ0) is 45.1. The number of hydrogen-bond donors (Lipinski definition) is 0. The molecule has 0 bridgehead atoms. The molecule has 0 aliphatic rings. The van der Waals surface area contributed by atoms with Crippen molar-refractivity contribution in [2.75, 3.05) is 13.2 Å². The van der Waals surface area contributed by atoms with Crippen molar-refractivity contribution in [3.63, 3.8) is 0 Å². The van der Waals surface area contributed by atoms with Crippen LogP contribution in [-0.2, 0) is 28.6 Å². The molecule has 6 nitrogen and oxygen atoms in total. The van der Waals surface area contributed by atoms with E-state index in [0.717, 1.165) is 161 Å². The Morgan fingerprint density at radius 1 is 0.339 bits per heavy atom. The first-order valence-corrected chi connectivity index (χ1v) is 25.2. The van der Waals surface area contributed by atoms with Crippen LogP contribution in [0.2, 0.25) is 0 Å². The van der Waals surface area contributed by atoms with Gasteiger partial charge in [-0.2, -0.15) is 0 Å². The number of carbonyl (C=O) groups is 3. The van der Waals surface area contributed by atoms with Crippen LogP contribution >= 0.6 is 0 Å². The fraction of sp³-hybridized carbons (Fsp3) is 0.661. The average Bonchev–Trinajstić information content (AvgIpc) is 3.27. The van der Waals surface area contributed by atoms with Crippen LogP contribution in [0.15, 0.2) is 97.2 Å². The third-order valence-electron chi connectivity index (χ3n) is 10.3. The van der Waals surface area contributed by atoms with E-state index < -0.39 is 6.10 Å². The van der Waals surface area contributed by atoms with Gasteiger partial charge in [0.25, 0.3) is 0 Å². The summed E-state index contributed by atoms with van der Waals surface area (Å²) in [6, 6.07) is 0. The lowest BCUT2D eigenvalue weighted by atomic mass is 10.1. The maximum atomic E-state index is 12.8. The van der Waals surface area contributed by atoms with Crippen molar-refractivity contribution in [3.8, 4) is 0 Å². The highest BCUT2D eigenvalue weighted by Gasteiger charge is 2.19. The maximum absolute atomic E-state index is 12.8. The van der Waals surface area contributed by atoms with Gasteiger partial charge >= 0.3 is 17.9 Å². The van der Waals surface area contributed by atoms with Crippen molar-refractivity contribution in [1.29, 1.82) is 0 Å². The summed E-state index contributed by atoms with van der Waals surface area (Å²) < 4.78 is 16.7. The summed E-state index contributed by atoms with van der Waals surface area (Å²) >= 11 is 0. The van der Waals surface area contributed by atoms with Crippen LogP contribution in [0.25, 0.3) is 0 Å². The van der Waals surface area contributed by atoms with Gasteiger partial charge in [0.2, 0.25) is 0 Å². The molecule has 6 heteroatoms. The first-order valence-electron chi connectivity index (χ1n) is 25.2. The Hall–Kier alpha value is -3.67. The quantitative estimate of drug-likeness (QED) is 0.0263. The minimum atomic E-state index is -0.796. The van der Waals surface area contributed by atoms with E-state index in [-0.39, 0.29) is 31.1 Å². The van der Waals surface area contributed by atoms with Crippen molar-refractivity contribution in [2.24, 2.45) is 0 Å². The van der Waals surface area contributed by atoms with E-state index in [1.165, 1.54) is 19.3 Å². The zero-order valence-corrected chi connectivity index (χ0v) is 40.1. The molecule has 352 valence electrons. The van der Waals surface area contributed by atoms with Gasteiger partial charge in [-0.3, -0.25) is 14.4 Å². The normalized spacial score (nSPS) is 12.9. The Balaban J connectivity index is 4.39. The standard InChI is InChI=1S/C56H92O6/c1-4-7-10-13-16-19-22-24-25-26-27-28-29-30-31-33-34-37-40-43-46-49-55(58)61-52-53(51-60-54(57)48-45-42-39-36-21-18-15-12-9-6-3)62-56(59)50-47-44-41-38-35-32-23-20-17-14-11-8-5-2/h7,10-12,14-16,19-20,23-25,27-28,30-31,53H,4-6,8-9,13,17-18,21-22,26,29,32-52H2,1-3H3/b10-7-,14-11-,15-12-,19-16-,23-20-,25-24-,28-27-,31-30-. The number of esters is 3. The van der Waals surface area contributed by atoms with Crippen molar-refractivity contribution < 1.29 is 28.6 Å². The molecule has 0 fully saturated rings. The summed E-state index contributed by atoms with van der Waals surface area (Å²) in [4.78, 5) is 37.9. The van der Waals surface area contributed by atoms with Crippen molar-refractivity contribution in [1.82, 2.24) is 0 Å². The smallest absolute Gasteiger partial charge is 0.306 e. The van der Waals surface area contributed by atoms with Crippen LogP contribution in [0.5, 0.6) is 0 Å². The summed E-state index contributed by atoms with van der Waals surface area (Å²) in [7, 11) is 0. The van der Waals surface area contributed by atoms with Gasteiger partial charge in [0.05, 0.1) is 0 Å². The second-order valence-electron chi connectivity index (χ2n) is 16.3. The molecule has 0 aromatic rings. The maximum Gasteiger partial charge on any atom is 0.306 e. The second-order valence-corrected chi connectivity index (χ2v) is 16.3. The number of hydrogen-bond acceptors (Lipinski definition) is 6. The van der Waals surface area contributed by atoms with Gasteiger partial charge in [0.15, 0.2) is 6.10 Å². The van der Waals surface area contributed by atoms with Gasteiger partial charge in [-0.05, 0) is 109 Å². The molecule has 0 saturated heterocycles. The van der Waals surface area contributed by atoms with E-state index in [2.05, 4.69) is 118 Å². The molecule has 1 unspecified atom stereocenters. The lowest BCUT2D eigenvalue weighted by Crippen LogP contribution is -2.30. The molecule has 62 heavy (non-hydrogen) atoms. The Kier molecular flexibility index (Phi) is 47.0. The first-order chi connectivity index (χ1) is 30.5. The SMILES string of the molecule is CC/C=C\C/C=C\C/C=C\C/C=C\C/C=C\CCCCCCCC(=O)OCC(COC(=O)CCCCCCC/C=C\CCC)OC(=O)CCCCCCC/C=C\C/C=C\CCC. The highest BCUT2D eigenvalue weighted by atomic mass is 16.6. The van der Waals surface area contributed by atoms with Crippen LogP contribution in [0.4, 0.5) is 0 Å². The highest BCUT2D eigenvalue weighted by molar-refractivity contribution is 5.71. The molecule has 0 aromatic carbocycles. The molecular weight excluding hydrogens is 769 g/mol. The van der Waals surface area contributed by atoms with Crippen molar-refractivity contribution in [2.45, 2.75) is 226 Å². The predicted molar refractivity (Wildman–Crippen MR) is 265 cm³/mol. The largest absolute Gasteiger partial charge is 0.462 e. The fourth-order valence-electron chi connectivity index (χ4n) is 6.51. The van der Waals surface area contributed by atoms with E-state index in [1.807, 2.05) is 0 Å². The Bertz CT molecular complexity index is 1260. The average molecular weight is 861 g/mol. The summed E-state index contributed by atoms with van der Waals surface area (Å²) in [5, 5.41) is 0. The van der Waals surface area contributed by atoms with Crippen molar-refractivity contribution in [3.05, 3.63) is 97.2 Å². The first kappa shape index (κ1) is 58.3. The summed E-state index contributed by atoms with van der Waals surface area (Å²) in [6.07, 6.45) is 65.3. The van der Waals surface area contributed by atoms with Crippen LogP contribution in [0.3, 0.4) is 0 Å². The number of rotatable bonds is 44. The number of ether oxygens (including phenoxy) is 3. The molecular formula is C56H92O6. The van der Waals surface area contributed by atoms with Crippen molar-refractivity contribution >= 4 is 17.9 Å². The summed E-state index contributed by atoms with van der Waals surface area (Å²) in [5.41, 5.74) is 0. The van der Waals surface area contributed by atoms with Gasteiger partial charge in [-0.15, -0.1) is 0 Å². The molecule has 0 amide bonds. The van der Waals surface area contributed by atoms with Gasteiger partial charge in [0.1, 0.15) is 13.2 Å². The van der Waals surface area contributed by atoms with Gasteiger partial charge in [-0.25, -0.2) is 0 Å². The number of unbranched alkanes of at least 4 members (excludes halogenated alkanes) is 17. The second kappa shape index (κ2) is 50.0. The van der Waals surface area contributed by atoms with Gasteiger partial charge in [0, 0.05) is 19.3 Å². The molecule has 0 aliphatic heterocycles. The fourth-order valence-corrected chi connectivity index (χ4v) is 6.51. The number of allylic oxidation sites excluding steroid dienone is 16. The van der Waals surface area contributed by atoms with E-state index in [0.29, 0.717) is 19.3 Å². The topological polar surface area (TPSA) is 78.9 Å². The highest BCUT2D eigenvalue weighted by Crippen LogP contribution is 2.13. The van der Waals surface area contributed by atoms with E-state index in [4.69, 9.17) is 14.2 Å². The minimum Gasteiger partial charge on any atom is -0.462 e. The minimum absolute atomic E-state index is 0.0955. The molecule has 0 N–H and O–H groups in total.